The van der Waals surface area contributed by atoms with Crippen molar-refractivity contribution in [3.05, 3.63) is 58.1 Å². The molecule has 21 heavy (non-hydrogen) atoms. The first-order valence-electron chi connectivity index (χ1n) is 6.94. The van der Waals surface area contributed by atoms with Gasteiger partial charge in [0.05, 0.1) is 11.6 Å². The number of ketones is 1. The lowest BCUT2D eigenvalue weighted by molar-refractivity contribution is 0.0994. The molecule has 1 aliphatic carbocycles. The van der Waals surface area contributed by atoms with Gasteiger partial charge >= 0.3 is 0 Å². The minimum atomic E-state index is 0.251. The number of hydrogen-bond donors (Lipinski definition) is 0. The monoisotopic (exact) mass is 293 g/mol. The molecule has 0 bridgehead atoms. The summed E-state index contributed by atoms with van der Waals surface area (Å²) in [6.07, 6.45) is 1.46. The minimum absolute atomic E-state index is 0.251. The second kappa shape index (κ2) is 5.38. The van der Waals surface area contributed by atoms with Gasteiger partial charge in [0.2, 0.25) is 0 Å². The van der Waals surface area contributed by atoms with Crippen LogP contribution in [0.15, 0.2) is 40.1 Å². The molecule has 3 heteroatoms. The van der Waals surface area contributed by atoms with E-state index in [-0.39, 0.29) is 5.78 Å². The lowest BCUT2D eigenvalue weighted by atomic mass is 10.1. The maximum absolute atomic E-state index is 11.8. The highest BCUT2D eigenvalue weighted by atomic mass is 32.2. The van der Waals surface area contributed by atoms with Gasteiger partial charge in [-0.1, -0.05) is 23.9 Å². The third-order valence-electron chi connectivity index (χ3n) is 3.84. The number of Topliss-reactive ketones (excluding diaryl/α,β-unsaturated/α-hetero) is 1. The standard InChI is InChI=1S/C18H15NOS/c1-11-8-13(10-19)9-12(2)18(11)21-17-5-3-4-14-15(17)6-7-16(14)20/h3-5,8-9H,6-7H2,1-2H3. The molecule has 0 saturated carbocycles. The molecule has 0 aromatic heterocycles. The van der Waals surface area contributed by atoms with Gasteiger partial charge in [-0.15, -0.1) is 0 Å². The molecular weight excluding hydrogens is 278 g/mol. The van der Waals surface area contributed by atoms with Gasteiger partial charge in [-0.25, -0.2) is 0 Å². The first-order valence-corrected chi connectivity index (χ1v) is 7.76. The van der Waals surface area contributed by atoms with Gasteiger partial charge in [-0.05, 0) is 55.2 Å². The zero-order valence-electron chi connectivity index (χ0n) is 12.1. The summed E-state index contributed by atoms with van der Waals surface area (Å²) >= 11 is 1.71. The van der Waals surface area contributed by atoms with E-state index >= 15 is 0 Å². The summed E-state index contributed by atoms with van der Waals surface area (Å²) in [4.78, 5) is 14.2. The zero-order chi connectivity index (χ0) is 15.0. The molecule has 0 heterocycles. The Bertz CT molecular complexity index is 763. The van der Waals surface area contributed by atoms with Gasteiger partial charge in [0.1, 0.15) is 0 Å². The van der Waals surface area contributed by atoms with Crippen molar-refractivity contribution >= 4 is 17.5 Å². The van der Waals surface area contributed by atoms with Crippen LogP contribution in [0.4, 0.5) is 0 Å². The normalized spacial score (nSPS) is 13.1. The summed E-state index contributed by atoms with van der Waals surface area (Å²) in [7, 11) is 0. The Morgan fingerprint density at radius 1 is 1.14 bits per heavy atom. The summed E-state index contributed by atoms with van der Waals surface area (Å²) in [5, 5.41) is 9.03. The van der Waals surface area contributed by atoms with Gasteiger partial charge in [0, 0.05) is 21.8 Å². The number of nitriles is 1. The number of nitrogens with zero attached hydrogens (tertiary/aromatic N) is 1. The van der Waals surface area contributed by atoms with E-state index in [1.165, 1.54) is 10.5 Å². The predicted molar refractivity (Wildman–Crippen MR) is 83.8 cm³/mol. The van der Waals surface area contributed by atoms with Crippen LogP contribution in [0.3, 0.4) is 0 Å². The summed E-state index contributed by atoms with van der Waals surface area (Å²) in [6, 6.07) is 12.0. The van der Waals surface area contributed by atoms with Crippen LogP contribution in [0.25, 0.3) is 0 Å². The smallest absolute Gasteiger partial charge is 0.163 e. The fourth-order valence-corrected chi connectivity index (χ4v) is 3.98. The van der Waals surface area contributed by atoms with Crippen molar-refractivity contribution in [2.75, 3.05) is 0 Å². The molecule has 104 valence electrons. The second-order valence-corrected chi connectivity index (χ2v) is 6.41. The molecule has 0 saturated heterocycles. The molecule has 0 atom stereocenters. The quantitative estimate of drug-likeness (QED) is 0.821. The number of benzene rings is 2. The number of carbonyl (C=O) groups excluding carboxylic acids is 1. The van der Waals surface area contributed by atoms with E-state index < -0.39 is 0 Å². The fraction of sp³-hybridized carbons (Fsp3) is 0.222. The van der Waals surface area contributed by atoms with Crippen molar-refractivity contribution in [3.8, 4) is 6.07 Å². The van der Waals surface area contributed by atoms with Crippen molar-refractivity contribution in [2.45, 2.75) is 36.5 Å². The highest BCUT2D eigenvalue weighted by Gasteiger charge is 2.22. The lowest BCUT2D eigenvalue weighted by Crippen LogP contribution is -1.93. The first kappa shape index (κ1) is 13.9. The summed E-state index contributed by atoms with van der Waals surface area (Å²) in [6.45, 7) is 4.06. The second-order valence-electron chi connectivity index (χ2n) is 5.36. The van der Waals surface area contributed by atoms with Crippen molar-refractivity contribution < 1.29 is 4.79 Å². The van der Waals surface area contributed by atoms with Gasteiger partial charge < -0.3 is 0 Å². The van der Waals surface area contributed by atoms with E-state index in [1.807, 2.05) is 38.1 Å². The molecule has 3 rings (SSSR count). The van der Waals surface area contributed by atoms with E-state index in [0.717, 1.165) is 28.0 Å². The summed E-state index contributed by atoms with van der Waals surface area (Å²) in [5.74, 6) is 0.251. The Kier molecular flexibility index (Phi) is 3.57. The number of carbonyl (C=O) groups is 1. The van der Waals surface area contributed by atoms with Crippen LogP contribution >= 0.6 is 11.8 Å². The molecule has 0 unspecified atom stereocenters. The maximum Gasteiger partial charge on any atom is 0.163 e. The van der Waals surface area contributed by atoms with Gasteiger partial charge in [-0.2, -0.15) is 5.26 Å². The zero-order valence-corrected chi connectivity index (χ0v) is 12.9. The average molecular weight is 293 g/mol. The third-order valence-corrected chi connectivity index (χ3v) is 5.29. The van der Waals surface area contributed by atoms with Gasteiger partial charge in [-0.3, -0.25) is 4.79 Å². The molecule has 1 aliphatic rings. The minimum Gasteiger partial charge on any atom is -0.294 e. The molecule has 0 spiro atoms. The van der Waals surface area contributed by atoms with Crippen LogP contribution in [0.2, 0.25) is 0 Å². The average Bonchev–Trinajstić information content (AvgIpc) is 2.85. The van der Waals surface area contributed by atoms with Crippen molar-refractivity contribution in [1.82, 2.24) is 0 Å². The Balaban J connectivity index is 2.03. The number of aryl methyl sites for hydroxylation is 2. The van der Waals surface area contributed by atoms with Crippen molar-refractivity contribution in [1.29, 1.82) is 5.26 Å². The molecule has 2 aromatic carbocycles. The van der Waals surface area contributed by atoms with E-state index in [0.29, 0.717) is 12.0 Å². The highest BCUT2D eigenvalue weighted by molar-refractivity contribution is 7.99. The van der Waals surface area contributed by atoms with E-state index in [1.54, 1.807) is 11.8 Å². The van der Waals surface area contributed by atoms with Gasteiger partial charge in [0.25, 0.3) is 0 Å². The molecule has 2 nitrogen and oxygen atoms in total. The van der Waals surface area contributed by atoms with Gasteiger partial charge in [0.15, 0.2) is 5.78 Å². The highest BCUT2D eigenvalue weighted by Crippen LogP contribution is 2.38. The Morgan fingerprint density at radius 2 is 1.86 bits per heavy atom. The van der Waals surface area contributed by atoms with Crippen molar-refractivity contribution in [3.63, 3.8) is 0 Å². The molecule has 0 aliphatic heterocycles. The largest absolute Gasteiger partial charge is 0.294 e. The predicted octanol–water partition coefficient (Wildman–Crippen LogP) is 4.46. The molecule has 0 N–H and O–H groups in total. The van der Waals surface area contributed by atoms with E-state index in [2.05, 4.69) is 12.1 Å². The number of hydrogen-bond acceptors (Lipinski definition) is 3. The first-order chi connectivity index (χ1) is 10.1. The lowest BCUT2D eigenvalue weighted by Gasteiger charge is -2.12. The van der Waals surface area contributed by atoms with Crippen molar-refractivity contribution in [2.24, 2.45) is 0 Å². The number of fused-ring (bicyclic) bond motifs is 1. The molecular formula is C18H15NOS. The summed E-state index contributed by atoms with van der Waals surface area (Å²) in [5.41, 5.74) is 4.97. The SMILES string of the molecule is Cc1cc(C#N)cc(C)c1Sc1cccc2c1CCC2=O. The Labute approximate surface area is 128 Å². The van der Waals surface area contributed by atoms with E-state index in [4.69, 9.17) is 5.26 Å². The van der Waals surface area contributed by atoms with Crippen LogP contribution in [-0.4, -0.2) is 5.78 Å². The Hall–Kier alpha value is -2.05. The van der Waals surface area contributed by atoms with Crippen LogP contribution < -0.4 is 0 Å². The fourth-order valence-electron chi connectivity index (χ4n) is 2.84. The van der Waals surface area contributed by atoms with Crippen LogP contribution in [0.5, 0.6) is 0 Å². The summed E-state index contributed by atoms with van der Waals surface area (Å²) < 4.78 is 0. The number of rotatable bonds is 2. The van der Waals surface area contributed by atoms with Crippen LogP contribution in [0.1, 0.15) is 39.0 Å². The van der Waals surface area contributed by atoms with E-state index in [9.17, 15) is 4.79 Å². The van der Waals surface area contributed by atoms with Crippen LogP contribution in [0, 0.1) is 25.2 Å². The molecule has 2 aromatic rings. The molecule has 0 fully saturated rings. The third kappa shape index (κ3) is 2.48. The van der Waals surface area contributed by atoms with Crippen LogP contribution in [-0.2, 0) is 6.42 Å². The molecule has 0 amide bonds. The molecule has 0 radical (unpaired) electrons. The Morgan fingerprint density at radius 3 is 2.52 bits per heavy atom. The maximum atomic E-state index is 11.8. The topological polar surface area (TPSA) is 40.9 Å².